The lowest BCUT2D eigenvalue weighted by molar-refractivity contribution is 0.145. The number of alkyl halides is 2. The summed E-state index contributed by atoms with van der Waals surface area (Å²) in [6.45, 7) is 2.64. The maximum absolute atomic E-state index is 12.0. The maximum atomic E-state index is 12.0. The van der Waals surface area contributed by atoms with Gasteiger partial charge in [-0.2, -0.15) is 0 Å². The van der Waals surface area contributed by atoms with Crippen LogP contribution in [0.15, 0.2) is 16.6 Å². The Kier molecular flexibility index (Phi) is 7.09. The highest BCUT2D eigenvalue weighted by atomic mass is 79.9. The molecule has 0 aliphatic heterocycles. The SMILES string of the molecule is CCCOc1c(Br)cc(CNCC(F)F)cc1OC. The van der Waals surface area contributed by atoms with Gasteiger partial charge in [0.05, 0.1) is 24.7 Å². The van der Waals surface area contributed by atoms with Crippen molar-refractivity contribution >= 4 is 15.9 Å². The van der Waals surface area contributed by atoms with Crippen molar-refractivity contribution in [1.82, 2.24) is 5.32 Å². The van der Waals surface area contributed by atoms with Gasteiger partial charge in [-0.1, -0.05) is 6.92 Å². The molecule has 6 heteroatoms. The highest BCUT2D eigenvalue weighted by Crippen LogP contribution is 2.36. The summed E-state index contributed by atoms with van der Waals surface area (Å²) in [5, 5.41) is 2.68. The summed E-state index contributed by atoms with van der Waals surface area (Å²) in [5.74, 6) is 1.23. The molecule has 0 unspecified atom stereocenters. The van der Waals surface area contributed by atoms with Crippen LogP contribution in [0.25, 0.3) is 0 Å². The summed E-state index contributed by atoms with van der Waals surface area (Å²) in [6.07, 6.45) is -1.45. The van der Waals surface area contributed by atoms with Crippen LogP contribution in [0, 0.1) is 0 Å². The Bertz CT molecular complexity index is 402. The Balaban J connectivity index is 2.77. The van der Waals surface area contributed by atoms with E-state index in [-0.39, 0.29) is 6.54 Å². The van der Waals surface area contributed by atoms with Gasteiger partial charge in [0.2, 0.25) is 0 Å². The zero-order valence-corrected chi connectivity index (χ0v) is 12.6. The fraction of sp³-hybridized carbons (Fsp3) is 0.538. The number of nitrogens with one attached hydrogen (secondary N) is 1. The molecule has 19 heavy (non-hydrogen) atoms. The van der Waals surface area contributed by atoms with Gasteiger partial charge < -0.3 is 14.8 Å². The van der Waals surface area contributed by atoms with Crippen LogP contribution in [0.1, 0.15) is 18.9 Å². The van der Waals surface area contributed by atoms with Crippen molar-refractivity contribution in [2.24, 2.45) is 0 Å². The minimum absolute atomic E-state index is 0.325. The molecule has 0 radical (unpaired) electrons. The second kappa shape index (κ2) is 8.32. The van der Waals surface area contributed by atoms with Crippen LogP contribution in [0.2, 0.25) is 0 Å². The van der Waals surface area contributed by atoms with Crippen LogP contribution in [0.4, 0.5) is 8.78 Å². The van der Waals surface area contributed by atoms with Crippen LogP contribution in [-0.2, 0) is 6.54 Å². The summed E-state index contributed by atoms with van der Waals surface area (Å²) in [6, 6.07) is 3.63. The molecule has 0 atom stereocenters. The van der Waals surface area contributed by atoms with E-state index in [1.165, 1.54) is 0 Å². The minimum Gasteiger partial charge on any atom is -0.493 e. The predicted octanol–water partition coefficient (Wildman–Crippen LogP) is 3.60. The third-order valence-corrected chi connectivity index (χ3v) is 2.96. The Hall–Kier alpha value is -0.880. The van der Waals surface area contributed by atoms with E-state index in [2.05, 4.69) is 21.2 Å². The number of benzene rings is 1. The first-order valence-corrected chi connectivity index (χ1v) is 6.85. The highest BCUT2D eigenvalue weighted by Gasteiger charge is 2.11. The van der Waals surface area contributed by atoms with Gasteiger partial charge in [-0.25, -0.2) is 8.78 Å². The number of halogens is 3. The summed E-state index contributed by atoms with van der Waals surface area (Å²) < 4.78 is 35.7. The number of ether oxygens (including phenoxy) is 2. The lowest BCUT2D eigenvalue weighted by Gasteiger charge is -2.14. The molecular weight excluding hydrogens is 320 g/mol. The standard InChI is InChI=1S/C13H18BrF2NO2/c1-3-4-19-13-10(14)5-9(6-11(13)18-2)7-17-8-12(15)16/h5-6,12,17H,3-4,7-8H2,1-2H3. The molecule has 0 bridgehead atoms. The van der Waals surface area contributed by atoms with Gasteiger partial charge >= 0.3 is 0 Å². The van der Waals surface area contributed by atoms with Crippen molar-refractivity contribution < 1.29 is 18.3 Å². The smallest absolute Gasteiger partial charge is 0.250 e. The normalized spacial score (nSPS) is 10.8. The summed E-state index contributed by atoms with van der Waals surface area (Å²) >= 11 is 3.41. The number of hydrogen-bond acceptors (Lipinski definition) is 3. The lowest BCUT2D eigenvalue weighted by Crippen LogP contribution is -2.20. The Labute approximate surface area is 120 Å². The zero-order valence-electron chi connectivity index (χ0n) is 11.0. The van der Waals surface area contributed by atoms with Crippen LogP contribution in [0.3, 0.4) is 0 Å². The first-order valence-electron chi connectivity index (χ1n) is 6.06. The molecule has 0 saturated carbocycles. The Morgan fingerprint density at radius 3 is 2.68 bits per heavy atom. The van der Waals surface area contributed by atoms with Crippen LogP contribution in [-0.4, -0.2) is 26.7 Å². The fourth-order valence-corrected chi connectivity index (χ4v) is 2.15. The Morgan fingerprint density at radius 2 is 2.11 bits per heavy atom. The average Bonchev–Trinajstić information content (AvgIpc) is 2.36. The van der Waals surface area contributed by atoms with E-state index in [1.54, 1.807) is 13.2 Å². The molecule has 108 valence electrons. The second-order valence-electron chi connectivity index (χ2n) is 3.98. The van der Waals surface area contributed by atoms with E-state index in [9.17, 15) is 8.78 Å². The van der Waals surface area contributed by atoms with Crippen molar-refractivity contribution in [2.45, 2.75) is 26.3 Å². The first kappa shape index (κ1) is 16.2. The third-order valence-electron chi connectivity index (χ3n) is 2.37. The largest absolute Gasteiger partial charge is 0.493 e. The van der Waals surface area contributed by atoms with Gasteiger partial charge in [0.1, 0.15) is 0 Å². The van der Waals surface area contributed by atoms with Crippen molar-refractivity contribution in [3.8, 4) is 11.5 Å². The van der Waals surface area contributed by atoms with Gasteiger partial charge in [0.25, 0.3) is 6.43 Å². The zero-order chi connectivity index (χ0) is 14.3. The monoisotopic (exact) mass is 337 g/mol. The van der Waals surface area contributed by atoms with Gasteiger partial charge in [0, 0.05) is 6.54 Å². The van der Waals surface area contributed by atoms with E-state index in [4.69, 9.17) is 9.47 Å². The summed E-state index contributed by atoms with van der Waals surface area (Å²) in [4.78, 5) is 0. The molecule has 0 spiro atoms. The van der Waals surface area contributed by atoms with Crippen molar-refractivity contribution in [3.63, 3.8) is 0 Å². The molecule has 0 aliphatic carbocycles. The first-order chi connectivity index (χ1) is 9.08. The molecule has 0 amide bonds. The highest BCUT2D eigenvalue weighted by molar-refractivity contribution is 9.10. The molecule has 1 aromatic rings. The third kappa shape index (κ3) is 5.32. The van der Waals surface area contributed by atoms with E-state index >= 15 is 0 Å². The maximum Gasteiger partial charge on any atom is 0.250 e. The number of rotatable bonds is 8. The molecule has 0 heterocycles. The van der Waals surface area contributed by atoms with E-state index in [1.807, 2.05) is 13.0 Å². The van der Waals surface area contributed by atoms with Gasteiger partial charge in [-0.05, 0) is 40.0 Å². The molecule has 0 saturated heterocycles. The Morgan fingerprint density at radius 1 is 1.37 bits per heavy atom. The molecule has 1 aromatic carbocycles. The number of hydrogen-bond donors (Lipinski definition) is 1. The lowest BCUT2D eigenvalue weighted by atomic mass is 10.2. The molecule has 0 aromatic heterocycles. The fourth-order valence-electron chi connectivity index (χ4n) is 1.55. The van der Waals surface area contributed by atoms with Crippen LogP contribution < -0.4 is 14.8 Å². The van der Waals surface area contributed by atoms with Crippen LogP contribution in [0.5, 0.6) is 11.5 Å². The molecule has 0 aliphatic rings. The summed E-state index contributed by atoms with van der Waals surface area (Å²) in [7, 11) is 1.55. The molecule has 1 N–H and O–H groups in total. The minimum atomic E-state index is -2.35. The molecule has 0 fully saturated rings. The molecule has 1 rings (SSSR count). The van der Waals surface area contributed by atoms with Crippen molar-refractivity contribution in [2.75, 3.05) is 20.3 Å². The quantitative estimate of drug-likeness (QED) is 0.786. The van der Waals surface area contributed by atoms with Crippen LogP contribution >= 0.6 is 15.9 Å². The predicted molar refractivity (Wildman–Crippen MR) is 74.2 cm³/mol. The number of methoxy groups -OCH3 is 1. The van der Waals surface area contributed by atoms with Gasteiger partial charge in [-0.3, -0.25) is 0 Å². The van der Waals surface area contributed by atoms with Crippen molar-refractivity contribution in [3.05, 3.63) is 22.2 Å². The average molecular weight is 338 g/mol. The van der Waals surface area contributed by atoms with E-state index < -0.39 is 6.43 Å². The van der Waals surface area contributed by atoms with Crippen molar-refractivity contribution in [1.29, 1.82) is 0 Å². The summed E-state index contributed by atoms with van der Waals surface area (Å²) in [5.41, 5.74) is 0.855. The molecular formula is C13H18BrF2NO2. The second-order valence-corrected chi connectivity index (χ2v) is 4.83. The van der Waals surface area contributed by atoms with Gasteiger partial charge in [0.15, 0.2) is 11.5 Å². The topological polar surface area (TPSA) is 30.5 Å². The van der Waals surface area contributed by atoms with Gasteiger partial charge in [-0.15, -0.1) is 0 Å². The van der Waals surface area contributed by atoms with E-state index in [0.717, 1.165) is 16.5 Å². The van der Waals surface area contributed by atoms with E-state index in [0.29, 0.717) is 24.7 Å². The molecule has 3 nitrogen and oxygen atoms in total.